The lowest BCUT2D eigenvalue weighted by Crippen LogP contribution is -2.64. The molecule has 0 radical (unpaired) electrons. The highest BCUT2D eigenvalue weighted by molar-refractivity contribution is 7.52. The highest BCUT2D eigenvalue weighted by Crippen LogP contribution is 2.43. The minimum Gasteiger partial charge on any atom is -0.394 e. The van der Waals surface area contributed by atoms with Gasteiger partial charge < -0.3 is 55.3 Å². The molecule has 1 aliphatic rings. The maximum Gasteiger partial charge on any atom is 0.386 e. The first kappa shape index (κ1) is 44.6. The molecule has 0 aromatic carbocycles. The normalized spacial score (nSPS) is 24.0. The van der Waals surface area contributed by atoms with Crippen LogP contribution in [0.15, 0.2) is 4.79 Å². The average Bonchev–Trinajstić information content (AvgIpc) is 3.07. The lowest BCUT2D eigenvalue weighted by atomic mass is 9.86. The minimum absolute atomic E-state index is 0.180. The number of anilines is 1. The Labute approximate surface area is 294 Å². The number of ether oxygens (including phenoxy) is 3. The highest BCUT2D eigenvalue weighted by atomic mass is 31.2. The predicted octanol–water partition coefficient (Wildman–Crippen LogP) is 3.23. The Balaban J connectivity index is 2.11. The van der Waals surface area contributed by atoms with Crippen molar-refractivity contribution in [2.75, 3.05) is 25.6 Å². The van der Waals surface area contributed by atoms with Crippen LogP contribution in [0.1, 0.15) is 134 Å². The van der Waals surface area contributed by atoms with Gasteiger partial charge in [0.15, 0.2) is 0 Å². The quantitative estimate of drug-likeness (QED) is 0.0502. The van der Waals surface area contributed by atoms with Gasteiger partial charge in [-0.2, -0.15) is 4.98 Å². The van der Waals surface area contributed by atoms with Crippen LogP contribution in [0.5, 0.6) is 0 Å². The molecule has 9 N–H and O–H groups in total. The molecule has 7 atom stereocenters. The topological polar surface area (TPSA) is 247 Å². The van der Waals surface area contributed by atoms with Crippen LogP contribution in [0.25, 0.3) is 0 Å². The van der Waals surface area contributed by atoms with Gasteiger partial charge in [-0.1, -0.05) is 97.3 Å². The summed E-state index contributed by atoms with van der Waals surface area (Å²) in [5, 5.41) is 53.3. The number of aliphatic hydroxyl groups is 5. The number of hydrogen-bond acceptors (Lipinski definition) is 12. The summed E-state index contributed by atoms with van der Waals surface area (Å²) in [6, 6.07) is 0. The van der Waals surface area contributed by atoms with Crippen LogP contribution in [0.3, 0.4) is 0 Å². The SMILES string of the molecule is CCCCCCCCCCCCCCCCOC(CC)c1nc(=O)n(CCCOC(F)P(=O)(O)O)c(N)c1[C@@]1(O)O[C@H](CO)[C@H](O)[C@H](O)[C@H]1O. The summed E-state index contributed by atoms with van der Waals surface area (Å²) in [6.07, 6.45) is 5.32. The second kappa shape index (κ2) is 22.5. The molecule has 0 bridgehead atoms. The van der Waals surface area contributed by atoms with Crippen molar-refractivity contribution >= 4 is 13.4 Å². The largest absolute Gasteiger partial charge is 0.394 e. The molecule has 1 aliphatic heterocycles. The van der Waals surface area contributed by atoms with Crippen LogP contribution >= 0.6 is 7.60 Å². The fourth-order valence-corrected chi connectivity index (χ4v) is 6.48. The summed E-state index contributed by atoms with van der Waals surface area (Å²) >= 11 is 0. The Bertz CT molecular complexity index is 1220. The summed E-state index contributed by atoms with van der Waals surface area (Å²) in [5.41, 5.74) is 4.86. The van der Waals surface area contributed by atoms with Crippen LogP contribution in [-0.2, 0) is 31.1 Å². The molecular weight excluding hydrogens is 680 g/mol. The van der Waals surface area contributed by atoms with Crippen molar-refractivity contribution in [1.82, 2.24) is 9.55 Å². The first-order valence-electron chi connectivity index (χ1n) is 18.1. The van der Waals surface area contributed by atoms with E-state index in [0.717, 1.165) is 23.8 Å². The van der Waals surface area contributed by atoms with Crippen LogP contribution in [0.4, 0.5) is 10.2 Å². The summed E-state index contributed by atoms with van der Waals surface area (Å²) < 4.78 is 41.6. The van der Waals surface area contributed by atoms with Gasteiger partial charge in [-0.05, 0) is 19.3 Å². The number of hydrogen-bond donors (Lipinski definition) is 8. The van der Waals surface area contributed by atoms with Gasteiger partial charge in [0.1, 0.15) is 30.2 Å². The molecule has 0 saturated carbocycles. The molecule has 1 aromatic heterocycles. The van der Waals surface area contributed by atoms with E-state index in [1.807, 2.05) is 0 Å². The molecule has 1 fully saturated rings. The van der Waals surface area contributed by atoms with Crippen molar-refractivity contribution < 1.29 is 58.5 Å². The number of alkyl halides is 1. The van der Waals surface area contributed by atoms with Gasteiger partial charge in [0.05, 0.1) is 30.6 Å². The molecule has 0 spiro atoms. The molecular formula is C33H61FN3O12P. The molecule has 17 heteroatoms. The van der Waals surface area contributed by atoms with Gasteiger partial charge in [0.2, 0.25) is 5.79 Å². The molecule has 1 aromatic rings. The van der Waals surface area contributed by atoms with E-state index in [0.29, 0.717) is 6.42 Å². The fraction of sp³-hybridized carbons (Fsp3) is 0.879. The monoisotopic (exact) mass is 741 g/mol. The lowest BCUT2D eigenvalue weighted by molar-refractivity contribution is -0.358. The highest BCUT2D eigenvalue weighted by Gasteiger charge is 2.56. The van der Waals surface area contributed by atoms with Gasteiger partial charge >= 0.3 is 19.4 Å². The van der Waals surface area contributed by atoms with Gasteiger partial charge in [0, 0.05) is 13.2 Å². The number of aliphatic hydroxyl groups excluding tert-OH is 4. The Hall–Kier alpha value is -1.56. The van der Waals surface area contributed by atoms with Crippen molar-refractivity contribution in [3.8, 4) is 0 Å². The maximum absolute atomic E-state index is 13.6. The van der Waals surface area contributed by atoms with Crippen LogP contribution in [0.2, 0.25) is 0 Å². The van der Waals surface area contributed by atoms with Gasteiger partial charge in [0.25, 0.3) is 0 Å². The smallest absolute Gasteiger partial charge is 0.386 e. The third kappa shape index (κ3) is 13.1. The number of halogens is 1. The molecule has 50 heavy (non-hydrogen) atoms. The number of aromatic nitrogens is 2. The molecule has 0 aliphatic carbocycles. The van der Waals surface area contributed by atoms with E-state index < -0.39 is 80.3 Å². The minimum atomic E-state index is -5.15. The van der Waals surface area contributed by atoms with Crippen molar-refractivity contribution in [3.63, 3.8) is 0 Å². The Morgan fingerprint density at radius 2 is 1.42 bits per heavy atom. The average molecular weight is 742 g/mol. The van der Waals surface area contributed by atoms with E-state index in [1.165, 1.54) is 64.2 Å². The van der Waals surface area contributed by atoms with E-state index in [-0.39, 0.29) is 31.7 Å². The zero-order valence-electron chi connectivity index (χ0n) is 29.6. The van der Waals surface area contributed by atoms with Crippen molar-refractivity contribution in [2.24, 2.45) is 0 Å². The predicted molar refractivity (Wildman–Crippen MR) is 184 cm³/mol. The zero-order valence-corrected chi connectivity index (χ0v) is 30.5. The van der Waals surface area contributed by atoms with Crippen LogP contribution < -0.4 is 11.4 Å². The molecule has 1 saturated heterocycles. The number of unbranched alkanes of at least 4 members (excludes halogenated alkanes) is 13. The van der Waals surface area contributed by atoms with Gasteiger partial charge in [-0.15, -0.1) is 0 Å². The summed E-state index contributed by atoms with van der Waals surface area (Å²) in [4.78, 5) is 35.1. The van der Waals surface area contributed by atoms with Crippen LogP contribution in [-0.4, -0.2) is 95.2 Å². The summed E-state index contributed by atoms with van der Waals surface area (Å²) in [7, 11) is -5.15. The molecule has 2 unspecified atom stereocenters. The van der Waals surface area contributed by atoms with E-state index in [2.05, 4.69) is 16.6 Å². The van der Waals surface area contributed by atoms with Crippen molar-refractivity contribution in [1.29, 1.82) is 0 Å². The second-order valence-electron chi connectivity index (χ2n) is 13.1. The zero-order chi connectivity index (χ0) is 37.3. The van der Waals surface area contributed by atoms with Gasteiger partial charge in [-0.3, -0.25) is 9.13 Å². The molecule has 2 rings (SSSR count). The number of nitrogen functional groups attached to an aromatic ring is 1. The standard InChI is InChI=1S/C33H61FN3O12P/c1-3-5-6-7-8-9-10-11-12-13-14-15-16-17-20-47-23(4-2)26-25(33(43)29(41)28(40)27(39)24(22-38)49-33)30(35)37(32(42)36-26)19-18-21-48-31(34)50(44,45)46/h23-24,27-29,31,38-41,43H,3-22,35H2,1-2H3,(H2,44,45,46)/t23?,24-,27+,28+,29-,31?,33-/m1/s1. The summed E-state index contributed by atoms with van der Waals surface area (Å²) in [5.74, 6) is -3.34. The number of nitrogens with two attached hydrogens (primary N) is 1. The van der Waals surface area contributed by atoms with Gasteiger partial charge in [-0.25, -0.2) is 9.18 Å². The second-order valence-corrected chi connectivity index (χ2v) is 14.7. The first-order chi connectivity index (χ1) is 23.7. The number of rotatable bonds is 26. The summed E-state index contributed by atoms with van der Waals surface area (Å²) in [6.45, 7) is 2.54. The Kier molecular flexibility index (Phi) is 20.1. The fourth-order valence-electron chi connectivity index (χ4n) is 6.18. The van der Waals surface area contributed by atoms with E-state index >= 15 is 0 Å². The molecule has 15 nitrogen and oxygen atoms in total. The lowest BCUT2D eigenvalue weighted by Gasteiger charge is -2.46. The third-order valence-electron chi connectivity index (χ3n) is 9.11. The Morgan fingerprint density at radius 1 is 0.900 bits per heavy atom. The third-order valence-corrected chi connectivity index (χ3v) is 9.79. The van der Waals surface area contributed by atoms with E-state index in [4.69, 9.17) is 25.0 Å². The van der Waals surface area contributed by atoms with Crippen molar-refractivity contribution in [3.05, 3.63) is 21.7 Å². The first-order valence-corrected chi connectivity index (χ1v) is 19.8. The Morgan fingerprint density at radius 3 is 1.92 bits per heavy atom. The van der Waals surface area contributed by atoms with Crippen molar-refractivity contribution in [2.45, 2.75) is 166 Å². The maximum atomic E-state index is 13.6. The number of nitrogens with zero attached hydrogens (tertiary/aromatic N) is 2. The molecule has 2 heterocycles. The molecule has 292 valence electrons. The van der Waals surface area contributed by atoms with E-state index in [9.17, 15) is 39.3 Å². The van der Waals surface area contributed by atoms with E-state index in [1.54, 1.807) is 6.92 Å². The van der Waals surface area contributed by atoms with Crippen LogP contribution in [0, 0.1) is 0 Å². The molecule has 0 amide bonds.